The van der Waals surface area contributed by atoms with Crippen molar-refractivity contribution >= 4 is 42.6 Å². The molecule has 0 unspecified atom stereocenters. The van der Waals surface area contributed by atoms with Crippen molar-refractivity contribution in [3.8, 4) is 11.8 Å². The average molecular weight is 470 g/mol. The Morgan fingerprint density at radius 1 is 1.26 bits per heavy atom. The van der Waals surface area contributed by atoms with E-state index in [9.17, 15) is 26.4 Å². The van der Waals surface area contributed by atoms with Crippen LogP contribution in [0, 0.1) is 11.3 Å². The minimum absolute atomic E-state index is 0.0843. The van der Waals surface area contributed by atoms with E-state index in [1.165, 1.54) is 37.4 Å². The van der Waals surface area contributed by atoms with Crippen molar-refractivity contribution in [1.29, 1.82) is 5.26 Å². The number of hydrogen-bond acceptors (Lipinski definition) is 7. The van der Waals surface area contributed by atoms with Gasteiger partial charge in [0.2, 0.25) is 15.9 Å². The lowest BCUT2D eigenvalue weighted by Crippen LogP contribution is -2.34. The Labute approximate surface area is 178 Å². The SMILES string of the molecule is CN(CC(=O)Nc1nc2ccc(OC(F)(F)F)cc2s1)S(=O)(=O)c1ccc(C#N)cc1. The van der Waals surface area contributed by atoms with Crippen LogP contribution in [0.4, 0.5) is 18.3 Å². The molecule has 0 saturated carbocycles. The predicted octanol–water partition coefficient (Wildman–Crippen LogP) is 3.33. The van der Waals surface area contributed by atoms with E-state index in [0.717, 1.165) is 27.8 Å². The van der Waals surface area contributed by atoms with E-state index in [4.69, 9.17) is 5.26 Å². The number of halogens is 3. The third-order valence-electron chi connectivity index (χ3n) is 3.90. The average Bonchev–Trinajstić information content (AvgIpc) is 3.07. The Balaban J connectivity index is 1.69. The van der Waals surface area contributed by atoms with Gasteiger partial charge in [-0.25, -0.2) is 13.4 Å². The number of nitrogens with one attached hydrogen (secondary N) is 1. The number of rotatable bonds is 6. The van der Waals surface area contributed by atoms with Crippen LogP contribution in [-0.4, -0.2) is 43.6 Å². The minimum Gasteiger partial charge on any atom is -0.406 e. The van der Waals surface area contributed by atoms with Crippen molar-refractivity contribution in [1.82, 2.24) is 9.29 Å². The fraction of sp³-hybridized carbons (Fsp3) is 0.167. The maximum atomic E-state index is 12.6. The van der Waals surface area contributed by atoms with Crippen LogP contribution < -0.4 is 10.1 Å². The molecular formula is C18H13F3N4O4S2. The van der Waals surface area contributed by atoms with Crippen LogP contribution in [0.1, 0.15) is 5.56 Å². The zero-order chi connectivity index (χ0) is 22.8. The van der Waals surface area contributed by atoms with Crippen molar-refractivity contribution in [2.45, 2.75) is 11.3 Å². The quantitative estimate of drug-likeness (QED) is 0.592. The van der Waals surface area contributed by atoms with Crippen molar-refractivity contribution in [3.05, 3.63) is 48.0 Å². The number of sulfonamides is 1. The molecule has 0 radical (unpaired) electrons. The number of fused-ring (bicyclic) bond motifs is 1. The molecule has 1 N–H and O–H groups in total. The molecule has 0 fully saturated rings. The molecular weight excluding hydrogens is 457 g/mol. The summed E-state index contributed by atoms with van der Waals surface area (Å²) in [5.41, 5.74) is 0.632. The van der Waals surface area contributed by atoms with E-state index < -0.39 is 34.6 Å². The van der Waals surface area contributed by atoms with Crippen LogP contribution in [0.25, 0.3) is 10.2 Å². The highest BCUT2D eigenvalue weighted by molar-refractivity contribution is 7.89. The number of benzene rings is 2. The standard InChI is InChI=1S/C18H13F3N4O4S2/c1-25(31(27,28)13-5-2-11(9-22)3-6-13)10-16(26)24-17-23-14-7-4-12(8-15(14)30-17)29-18(19,20)21/h2-8H,10H2,1H3,(H,23,24,26). The van der Waals surface area contributed by atoms with Gasteiger partial charge in [-0.3, -0.25) is 4.79 Å². The van der Waals surface area contributed by atoms with Crippen LogP contribution in [-0.2, 0) is 14.8 Å². The maximum absolute atomic E-state index is 12.6. The van der Waals surface area contributed by atoms with E-state index in [1.54, 1.807) is 0 Å². The summed E-state index contributed by atoms with van der Waals surface area (Å²) in [5.74, 6) is -1.11. The summed E-state index contributed by atoms with van der Waals surface area (Å²) in [6.45, 7) is -0.527. The van der Waals surface area contributed by atoms with Gasteiger partial charge in [0.05, 0.1) is 33.3 Å². The molecule has 0 atom stereocenters. The first-order valence-corrected chi connectivity index (χ1v) is 10.7. The minimum atomic E-state index is -4.83. The third-order valence-corrected chi connectivity index (χ3v) is 6.65. The highest BCUT2D eigenvalue weighted by atomic mass is 32.2. The predicted molar refractivity (Wildman–Crippen MR) is 106 cm³/mol. The van der Waals surface area contributed by atoms with E-state index in [1.807, 2.05) is 6.07 Å². The molecule has 2 aromatic carbocycles. The number of anilines is 1. The monoisotopic (exact) mass is 470 g/mol. The van der Waals surface area contributed by atoms with Gasteiger partial charge in [-0.05, 0) is 36.4 Å². The summed E-state index contributed by atoms with van der Waals surface area (Å²) in [4.78, 5) is 16.3. The highest BCUT2D eigenvalue weighted by Crippen LogP contribution is 2.31. The number of carbonyl (C=O) groups excluding carboxylic acids is 1. The van der Waals surface area contributed by atoms with Crippen molar-refractivity contribution < 1.29 is 31.1 Å². The second-order valence-electron chi connectivity index (χ2n) is 6.14. The number of thiazole rings is 1. The Bertz CT molecular complexity index is 1270. The second-order valence-corrected chi connectivity index (χ2v) is 9.22. The van der Waals surface area contributed by atoms with Crippen LogP contribution in [0.5, 0.6) is 5.75 Å². The molecule has 0 saturated heterocycles. The zero-order valence-electron chi connectivity index (χ0n) is 15.7. The lowest BCUT2D eigenvalue weighted by molar-refractivity contribution is -0.274. The first-order valence-electron chi connectivity index (χ1n) is 8.40. The Morgan fingerprint density at radius 3 is 2.55 bits per heavy atom. The number of ether oxygens (including phenoxy) is 1. The van der Waals surface area contributed by atoms with Crippen molar-refractivity contribution in [3.63, 3.8) is 0 Å². The van der Waals surface area contributed by atoms with E-state index in [0.29, 0.717) is 15.8 Å². The molecule has 31 heavy (non-hydrogen) atoms. The van der Waals surface area contributed by atoms with Gasteiger partial charge in [0.1, 0.15) is 5.75 Å². The van der Waals surface area contributed by atoms with Crippen molar-refractivity contribution in [2.24, 2.45) is 0 Å². The van der Waals surface area contributed by atoms with E-state index in [2.05, 4.69) is 15.0 Å². The number of likely N-dealkylation sites (N-methyl/N-ethyl adjacent to an activating group) is 1. The van der Waals surface area contributed by atoms with Crippen LogP contribution in [0.2, 0.25) is 0 Å². The first kappa shape index (κ1) is 22.5. The molecule has 162 valence electrons. The fourth-order valence-corrected chi connectivity index (χ4v) is 4.52. The lowest BCUT2D eigenvalue weighted by Gasteiger charge is -2.16. The molecule has 1 heterocycles. The molecule has 0 aliphatic carbocycles. The highest BCUT2D eigenvalue weighted by Gasteiger charge is 2.31. The maximum Gasteiger partial charge on any atom is 0.573 e. The van der Waals surface area contributed by atoms with Gasteiger partial charge in [-0.2, -0.15) is 9.57 Å². The van der Waals surface area contributed by atoms with Crippen LogP contribution in [0.3, 0.4) is 0 Å². The Hall–Kier alpha value is -3.21. The molecule has 1 aromatic heterocycles. The molecule has 0 bridgehead atoms. The second kappa shape index (κ2) is 8.50. The van der Waals surface area contributed by atoms with Gasteiger partial charge in [0, 0.05) is 13.1 Å². The summed E-state index contributed by atoms with van der Waals surface area (Å²) < 4.78 is 67.1. The largest absolute Gasteiger partial charge is 0.573 e. The molecule has 3 aromatic rings. The van der Waals surface area contributed by atoms with Gasteiger partial charge in [0.15, 0.2) is 5.13 Å². The topological polar surface area (TPSA) is 112 Å². The van der Waals surface area contributed by atoms with Crippen LogP contribution >= 0.6 is 11.3 Å². The van der Waals surface area contributed by atoms with Crippen LogP contribution in [0.15, 0.2) is 47.4 Å². The van der Waals surface area contributed by atoms with Gasteiger partial charge >= 0.3 is 6.36 Å². The van der Waals surface area contributed by atoms with Gasteiger partial charge in [-0.15, -0.1) is 13.2 Å². The normalized spacial score (nSPS) is 12.0. The summed E-state index contributed by atoms with van der Waals surface area (Å²) in [7, 11) is -2.76. The molecule has 13 heteroatoms. The number of nitrogens with zero attached hydrogens (tertiary/aromatic N) is 3. The number of amides is 1. The summed E-state index contributed by atoms with van der Waals surface area (Å²) >= 11 is 0.912. The smallest absolute Gasteiger partial charge is 0.406 e. The fourth-order valence-electron chi connectivity index (χ4n) is 2.48. The summed E-state index contributed by atoms with van der Waals surface area (Å²) in [6, 6.07) is 10.6. The number of hydrogen-bond donors (Lipinski definition) is 1. The molecule has 0 spiro atoms. The van der Waals surface area contributed by atoms with E-state index in [-0.39, 0.29) is 10.0 Å². The molecule has 1 amide bonds. The van der Waals surface area contributed by atoms with Gasteiger partial charge in [0.25, 0.3) is 0 Å². The zero-order valence-corrected chi connectivity index (χ0v) is 17.3. The van der Waals surface area contributed by atoms with Gasteiger partial charge in [-0.1, -0.05) is 11.3 Å². The molecule has 8 nitrogen and oxygen atoms in total. The number of nitriles is 1. The van der Waals surface area contributed by atoms with E-state index >= 15 is 0 Å². The molecule has 0 aliphatic rings. The summed E-state index contributed by atoms with van der Waals surface area (Å²) in [6.07, 6.45) is -4.83. The third kappa shape index (κ3) is 5.48. The number of alkyl halides is 3. The van der Waals surface area contributed by atoms with Crippen molar-refractivity contribution in [2.75, 3.05) is 18.9 Å². The molecule has 3 rings (SSSR count). The summed E-state index contributed by atoms with van der Waals surface area (Å²) in [5, 5.41) is 11.3. The Morgan fingerprint density at radius 2 is 1.94 bits per heavy atom. The van der Waals surface area contributed by atoms with Gasteiger partial charge < -0.3 is 10.1 Å². The number of carbonyl (C=O) groups is 1. The first-order chi connectivity index (χ1) is 14.5. The number of aromatic nitrogens is 1. The molecule has 0 aliphatic heterocycles. The Kier molecular flexibility index (Phi) is 6.16. The lowest BCUT2D eigenvalue weighted by atomic mass is 10.2.